The lowest BCUT2D eigenvalue weighted by atomic mass is 10.1. The van der Waals surface area contributed by atoms with Crippen molar-refractivity contribution in [2.24, 2.45) is 4.99 Å². The average molecular weight is 359 g/mol. The summed E-state index contributed by atoms with van der Waals surface area (Å²) in [4.78, 5) is 4.24. The molecule has 6 heteroatoms. The average Bonchev–Trinajstić information content (AvgIpc) is 3.19. The predicted octanol–water partition coefficient (Wildman–Crippen LogP) is 1.60. The number of benzene rings is 1. The minimum Gasteiger partial charge on any atom is -0.481 e. The van der Waals surface area contributed by atoms with Crippen molar-refractivity contribution in [2.75, 3.05) is 46.6 Å². The molecule has 1 aromatic rings. The molecule has 1 fully saturated rings. The molecule has 26 heavy (non-hydrogen) atoms. The monoisotopic (exact) mass is 359 g/mol. The Labute approximate surface area is 156 Å². The van der Waals surface area contributed by atoms with Crippen LogP contribution in [-0.4, -0.2) is 58.6 Å². The summed E-state index contributed by atoms with van der Waals surface area (Å²) in [6.45, 7) is 4.22. The van der Waals surface area contributed by atoms with Crippen molar-refractivity contribution in [2.45, 2.75) is 25.4 Å². The van der Waals surface area contributed by atoms with Crippen LogP contribution in [0.1, 0.15) is 18.4 Å². The molecule has 1 aliphatic rings. The van der Waals surface area contributed by atoms with Gasteiger partial charge in [0.25, 0.3) is 0 Å². The third-order valence-corrected chi connectivity index (χ3v) is 4.03. The van der Waals surface area contributed by atoms with E-state index in [1.807, 2.05) is 24.3 Å². The lowest BCUT2D eigenvalue weighted by Crippen LogP contribution is -2.39. The summed E-state index contributed by atoms with van der Waals surface area (Å²) in [5, 5.41) is 6.62. The van der Waals surface area contributed by atoms with E-state index in [0.29, 0.717) is 6.61 Å². The number of nitrogens with zero attached hydrogens (tertiary/aromatic N) is 1. The van der Waals surface area contributed by atoms with Crippen molar-refractivity contribution >= 4 is 5.96 Å². The maximum absolute atomic E-state index is 5.75. The highest BCUT2D eigenvalue weighted by atomic mass is 16.5. The summed E-state index contributed by atoms with van der Waals surface area (Å²) in [6, 6.07) is 7.98. The lowest BCUT2D eigenvalue weighted by Gasteiger charge is -2.13. The van der Waals surface area contributed by atoms with Crippen LogP contribution in [0.4, 0.5) is 0 Å². The predicted molar refractivity (Wildman–Crippen MR) is 104 cm³/mol. The normalized spacial score (nSPS) is 16.9. The van der Waals surface area contributed by atoms with E-state index in [9.17, 15) is 0 Å². The molecule has 0 radical (unpaired) electrons. The molecule has 1 saturated heterocycles. The van der Waals surface area contributed by atoms with E-state index in [2.05, 4.69) is 21.5 Å². The van der Waals surface area contributed by atoms with Crippen LogP contribution >= 0.6 is 0 Å². The summed E-state index contributed by atoms with van der Waals surface area (Å²) in [5.41, 5.74) is 1.23. The second kappa shape index (κ2) is 12.2. The van der Waals surface area contributed by atoms with Gasteiger partial charge in [0, 0.05) is 33.4 Å². The first-order valence-corrected chi connectivity index (χ1v) is 9.11. The zero-order valence-corrected chi connectivity index (χ0v) is 15.5. The number of aliphatic imine (C=N–C) groups is 1. The molecule has 6 nitrogen and oxygen atoms in total. The molecule has 1 aromatic carbocycles. The van der Waals surface area contributed by atoms with Gasteiger partial charge < -0.3 is 24.8 Å². The van der Waals surface area contributed by atoms with Crippen molar-refractivity contribution in [3.63, 3.8) is 0 Å². The topological polar surface area (TPSA) is 64.1 Å². The van der Waals surface area contributed by atoms with Gasteiger partial charge in [0.05, 0.1) is 12.7 Å². The van der Waals surface area contributed by atoms with E-state index in [0.717, 1.165) is 63.9 Å². The van der Waals surface area contributed by atoms with Crippen molar-refractivity contribution in [1.29, 1.82) is 0 Å². The summed E-state index contributed by atoms with van der Waals surface area (Å²) in [5.74, 6) is 4.06. The van der Waals surface area contributed by atoms with Crippen LogP contribution in [0.5, 0.6) is 5.75 Å². The number of terminal acetylenes is 1. The Kier molecular flexibility index (Phi) is 9.41. The minimum absolute atomic E-state index is 0.274. The van der Waals surface area contributed by atoms with Crippen molar-refractivity contribution < 1.29 is 14.2 Å². The first kappa shape index (κ1) is 20.1. The largest absolute Gasteiger partial charge is 0.481 e. The van der Waals surface area contributed by atoms with Gasteiger partial charge >= 0.3 is 0 Å². The van der Waals surface area contributed by atoms with Crippen LogP contribution in [0.15, 0.2) is 29.3 Å². The van der Waals surface area contributed by atoms with Gasteiger partial charge in [-0.1, -0.05) is 18.1 Å². The fourth-order valence-electron chi connectivity index (χ4n) is 2.60. The molecule has 0 aromatic heterocycles. The molecule has 1 atom stereocenters. The number of hydrogen-bond acceptors (Lipinski definition) is 4. The second-order valence-electron chi connectivity index (χ2n) is 6.02. The molecular formula is C20H29N3O3. The smallest absolute Gasteiger partial charge is 0.190 e. The first-order chi connectivity index (χ1) is 12.8. The van der Waals surface area contributed by atoms with Gasteiger partial charge in [-0.3, -0.25) is 4.99 Å². The number of ether oxygens (including phenoxy) is 3. The second-order valence-corrected chi connectivity index (χ2v) is 6.02. The zero-order chi connectivity index (χ0) is 18.5. The Morgan fingerprint density at radius 3 is 2.81 bits per heavy atom. The van der Waals surface area contributed by atoms with E-state index >= 15 is 0 Å². The fraction of sp³-hybridized carbons (Fsp3) is 0.550. The van der Waals surface area contributed by atoms with Crippen LogP contribution in [0.25, 0.3) is 0 Å². The van der Waals surface area contributed by atoms with E-state index in [4.69, 9.17) is 20.6 Å². The Morgan fingerprint density at radius 1 is 1.31 bits per heavy atom. The van der Waals surface area contributed by atoms with E-state index in [1.54, 1.807) is 7.05 Å². The summed E-state index contributed by atoms with van der Waals surface area (Å²) < 4.78 is 16.4. The third kappa shape index (κ3) is 7.77. The van der Waals surface area contributed by atoms with Gasteiger partial charge in [-0.15, -0.1) is 6.42 Å². The van der Waals surface area contributed by atoms with Gasteiger partial charge in [0.1, 0.15) is 12.4 Å². The van der Waals surface area contributed by atoms with Crippen molar-refractivity contribution in [3.05, 3.63) is 29.8 Å². The van der Waals surface area contributed by atoms with E-state index in [-0.39, 0.29) is 6.10 Å². The molecule has 2 N–H and O–H groups in total. The standard InChI is InChI=1S/C20H29N3O3/c1-3-13-25-18-7-5-17(6-8-18)9-12-23-20(21-2)22-11-4-14-26-19-10-15-24-16-19/h1,5-8,19H,4,9-16H2,2H3,(H2,21,22,23). The molecule has 142 valence electrons. The maximum atomic E-state index is 5.75. The molecule has 0 bridgehead atoms. The number of nitrogens with one attached hydrogen (secondary N) is 2. The summed E-state index contributed by atoms with van der Waals surface area (Å²) >= 11 is 0. The van der Waals surface area contributed by atoms with Gasteiger partial charge in [0.15, 0.2) is 5.96 Å². The molecule has 1 heterocycles. The van der Waals surface area contributed by atoms with Crippen LogP contribution < -0.4 is 15.4 Å². The van der Waals surface area contributed by atoms with Crippen molar-refractivity contribution in [3.8, 4) is 18.1 Å². The Morgan fingerprint density at radius 2 is 2.12 bits per heavy atom. The Bertz CT molecular complexity index is 575. The van der Waals surface area contributed by atoms with E-state index in [1.165, 1.54) is 5.56 Å². The maximum Gasteiger partial charge on any atom is 0.190 e. The highest BCUT2D eigenvalue weighted by Gasteiger charge is 2.15. The minimum atomic E-state index is 0.274. The molecule has 0 spiro atoms. The fourth-order valence-corrected chi connectivity index (χ4v) is 2.60. The van der Waals surface area contributed by atoms with Crippen molar-refractivity contribution in [1.82, 2.24) is 10.6 Å². The molecular weight excluding hydrogens is 330 g/mol. The van der Waals surface area contributed by atoms with Crippen LogP contribution in [-0.2, 0) is 15.9 Å². The Balaban J connectivity index is 1.55. The molecule has 2 rings (SSSR count). The quantitative estimate of drug-likeness (QED) is 0.288. The Hall–Kier alpha value is -2.23. The van der Waals surface area contributed by atoms with Gasteiger partial charge in [-0.25, -0.2) is 0 Å². The highest BCUT2D eigenvalue weighted by molar-refractivity contribution is 5.79. The van der Waals surface area contributed by atoms with Gasteiger partial charge in [-0.05, 0) is 37.0 Å². The SMILES string of the molecule is C#CCOc1ccc(CCNC(=NC)NCCCOC2CCOC2)cc1. The summed E-state index contributed by atoms with van der Waals surface area (Å²) in [6.07, 6.45) is 8.31. The third-order valence-electron chi connectivity index (χ3n) is 4.03. The summed E-state index contributed by atoms with van der Waals surface area (Å²) in [7, 11) is 1.78. The lowest BCUT2D eigenvalue weighted by molar-refractivity contribution is 0.0420. The van der Waals surface area contributed by atoms with Gasteiger partial charge in [-0.2, -0.15) is 0 Å². The molecule has 0 amide bonds. The van der Waals surface area contributed by atoms with Crippen LogP contribution in [0.2, 0.25) is 0 Å². The van der Waals surface area contributed by atoms with Crippen LogP contribution in [0, 0.1) is 12.3 Å². The van der Waals surface area contributed by atoms with Crippen LogP contribution in [0.3, 0.4) is 0 Å². The highest BCUT2D eigenvalue weighted by Crippen LogP contribution is 2.12. The molecule has 0 saturated carbocycles. The molecule has 1 unspecified atom stereocenters. The zero-order valence-electron chi connectivity index (χ0n) is 15.5. The molecule has 0 aliphatic carbocycles. The number of hydrogen-bond donors (Lipinski definition) is 2. The number of rotatable bonds is 10. The first-order valence-electron chi connectivity index (χ1n) is 9.11. The van der Waals surface area contributed by atoms with Gasteiger partial charge in [0.2, 0.25) is 0 Å². The van der Waals surface area contributed by atoms with E-state index < -0.39 is 0 Å². The number of guanidine groups is 1. The molecule has 1 aliphatic heterocycles.